The molecule has 0 spiro atoms. The van der Waals surface area contributed by atoms with E-state index in [9.17, 15) is 13.2 Å². The Morgan fingerprint density at radius 3 is 2.27 bits per heavy atom. The van der Waals surface area contributed by atoms with Crippen LogP contribution in [0.1, 0.15) is 25.8 Å². The van der Waals surface area contributed by atoms with Crippen LogP contribution in [0.2, 0.25) is 0 Å². The number of hydrogen-bond acceptors (Lipinski definition) is 3. The van der Waals surface area contributed by atoms with Crippen molar-refractivity contribution in [1.29, 1.82) is 0 Å². The Bertz CT molecular complexity index is 593. The maximum Gasteiger partial charge on any atom is 0.225 e. The molecule has 22 heavy (non-hydrogen) atoms. The summed E-state index contributed by atoms with van der Waals surface area (Å²) in [7, 11) is -3.32. The molecular weight excluding hydrogens is 300 g/mol. The van der Waals surface area contributed by atoms with Crippen molar-refractivity contribution in [3.8, 4) is 0 Å². The molecule has 2 rings (SSSR count). The van der Waals surface area contributed by atoms with Gasteiger partial charge >= 0.3 is 0 Å². The third-order valence-electron chi connectivity index (χ3n) is 4.17. The Morgan fingerprint density at radius 2 is 1.73 bits per heavy atom. The van der Waals surface area contributed by atoms with Crippen LogP contribution in [-0.4, -0.2) is 49.7 Å². The molecule has 1 fully saturated rings. The van der Waals surface area contributed by atoms with E-state index in [1.165, 1.54) is 4.31 Å². The zero-order valence-electron chi connectivity index (χ0n) is 13.2. The summed E-state index contributed by atoms with van der Waals surface area (Å²) in [6.07, 6.45) is 0.811. The molecule has 0 bridgehead atoms. The number of rotatable bonds is 5. The Labute approximate surface area is 133 Å². The van der Waals surface area contributed by atoms with Gasteiger partial charge in [0.1, 0.15) is 0 Å². The molecule has 0 radical (unpaired) electrons. The summed E-state index contributed by atoms with van der Waals surface area (Å²) in [5.41, 5.74) is 0.792. The van der Waals surface area contributed by atoms with Gasteiger partial charge in [-0.25, -0.2) is 8.42 Å². The summed E-state index contributed by atoms with van der Waals surface area (Å²) in [6, 6.07) is 9.19. The molecule has 0 aromatic heterocycles. The van der Waals surface area contributed by atoms with Gasteiger partial charge in [0.15, 0.2) is 0 Å². The van der Waals surface area contributed by atoms with Crippen molar-refractivity contribution in [2.45, 2.75) is 26.0 Å². The number of carbonyl (C=O) groups is 1. The van der Waals surface area contributed by atoms with Crippen LogP contribution in [0.15, 0.2) is 30.3 Å². The number of piperazine rings is 1. The first kappa shape index (κ1) is 17.0. The fourth-order valence-corrected chi connectivity index (χ4v) is 4.06. The number of benzene rings is 1. The first-order valence-electron chi connectivity index (χ1n) is 7.74. The van der Waals surface area contributed by atoms with Crippen LogP contribution in [0.25, 0.3) is 0 Å². The summed E-state index contributed by atoms with van der Waals surface area (Å²) in [5.74, 6) is 0.155. The molecule has 0 saturated carbocycles. The second-order valence-corrected chi connectivity index (χ2v) is 7.74. The number of hydrogen-bond donors (Lipinski definition) is 0. The first-order valence-corrected chi connectivity index (χ1v) is 9.35. The predicted molar refractivity (Wildman–Crippen MR) is 86.7 cm³/mol. The van der Waals surface area contributed by atoms with E-state index >= 15 is 0 Å². The quantitative estimate of drug-likeness (QED) is 0.828. The molecule has 1 saturated heterocycles. The molecule has 0 N–H and O–H groups in total. The highest BCUT2D eigenvalue weighted by Gasteiger charge is 2.29. The zero-order valence-corrected chi connectivity index (χ0v) is 14.1. The lowest BCUT2D eigenvalue weighted by Crippen LogP contribution is -2.51. The van der Waals surface area contributed by atoms with Crippen molar-refractivity contribution < 1.29 is 13.2 Å². The molecule has 1 aliphatic heterocycles. The summed E-state index contributed by atoms with van der Waals surface area (Å²) in [4.78, 5) is 13.9. The minimum absolute atomic E-state index is 0.00692. The third kappa shape index (κ3) is 4.08. The second-order valence-electron chi connectivity index (χ2n) is 5.78. The van der Waals surface area contributed by atoms with Gasteiger partial charge in [-0.3, -0.25) is 4.79 Å². The van der Waals surface area contributed by atoms with Gasteiger partial charge in [-0.1, -0.05) is 44.2 Å². The van der Waals surface area contributed by atoms with Crippen LogP contribution < -0.4 is 0 Å². The van der Waals surface area contributed by atoms with Crippen LogP contribution in [-0.2, 0) is 20.6 Å². The van der Waals surface area contributed by atoms with E-state index < -0.39 is 10.0 Å². The van der Waals surface area contributed by atoms with Crippen molar-refractivity contribution in [1.82, 2.24) is 9.21 Å². The Balaban J connectivity index is 1.94. The van der Waals surface area contributed by atoms with Gasteiger partial charge in [0.2, 0.25) is 15.9 Å². The molecular formula is C16H24N2O3S. The van der Waals surface area contributed by atoms with Gasteiger partial charge in [0.05, 0.1) is 5.75 Å². The van der Waals surface area contributed by atoms with Gasteiger partial charge in [-0.2, -0.15) is 4.31 Å². The van der Waals surface area contributed by atoms with E-state index in [1.807, 2.05) is 44.2 Å². The van der Waals surface area contributed by atoms with E-state index in [-0.39, 0.29) is 17.6 Å². The topological polar surface area (TPSA) is 57.7 Å². The molecule has 1 atom stereocenters. The first-order chi connectivity index (χ1) is 10.4. The fraction of sp³-hybridized carbons (Fsp3) is 0.562. The van der Waals surface area contributed by atoms with Crippen molar-refractivity contribution in [3.05, 3.63) is 35.9 Å². The van der Waals surface area contributed by atoms with E-state index in [0.717, 1.165) is 12.0 Å². The minimum atomic E-state index is -3.32. The standard InChI is InChI=1S/C16H24N2O3S/c1-3-14(2)16(19)17-9-11-18(12-10-17)22(20,21)13-15-7-5-4-6-8-15/h4-8,14H,3,9-13H2,1-2H3. The number of nitrogens with zero attached hydrogens (tertiary/aromatic N) is 2. The van der Waals surface area contributed by atoms with Crippen molar-refractivity contribution in [3.63, 3.8) is 0 Å². The van der Waals surface area contributed by atoms with E-state index in [1.54, 1.807) is 4.90 Å². The van der Waals surface area contributed by atoms with E-state index in [0.29, 0.717) is 26.2 Å². The Morgan fingerprint density at radius 1 is 1.14 bits per heavy atom. The van der Waals surface area contributed by atoms with Crippen LogP contribution >= 0.6 is 0 Å². The summed E-state index contributed by atoms with van der Waals surface area (Å²) in [5, 5.41) is 0. The minimum Gasteiger partial charge on any atom is -0.340 e. The average molecular weight is 324 g/mol. The summed E-state index contributed by atoms with van der Waals surface area (Å²) >= 11 is 0. The highest BCUT2D eigenvalue weighted by atomic mass is 32.2. The van der Waals surface area contributed by atoms with E-state index in [2.05, 4.69) is 0 Å². The smallest absolute Gasteiger partial charge is 0.225 e. The number of amides is 1. The van der Waals surface area contributed by atoms with Crippen LogP contribution in [0.3, 0.4) is 0 Å². The molecule has 1 aromatic carbocycles. The van der Waals surface area contributed by atoms with Gasteiger partial charge in [0, 0.05) is 32.1 Å². The number of carbonyl (C=O) groups excluding carboxylic acids is 1. The molecule has 1 aromatic rings. The van der Waals surface area contributed by atoms with Gasteiger partial charge in [0.25, 0.3) is 0 Å². The lowest BCUT2D eigenvalue weighted by Gasteiger charge is -2.35. The number of sulfonamides is 1. The zero-order chi connectivity index (χ0) is 16.2. The highest BCUT2D eigenvalue weighted by molar-refractivity contribution is 7.88. The van der Waals surface area contributed by atoms with Crippen molar-refractivity contribution >= 4 is 15.9 Å². The molecule has 1 amide bonds. The van der Waals surface area contributed by atoms with Gasteiger partial charge < -0.3 is 4.90 Å². The van der Waals surface area contributed by atoms with E-state index in [4.69, 9.17) is 0 Å². The van der Waals surface area contributed by atoms with Crippen molar-refractivity contribution in [2.75, 3.05) is 26.2 Å². The SMILES string of the molecule is CCC(C)C(=O)N1CCN(S(=O)(=O)Cc2ccccc2)CC1. The van der Waals surface area contributed by atoms with Gasteiger partial charge in [-0.15, -0.1) is 0 Å². The maximum absolute atomic E-state index is 12.4. The predicted octanol–water partition coefficient (Wildman–Crippen LogP) is 1.71. The second kappa shape index (κ2) is 7.24. The third-order valence-corrected chi connectivity index (χ3v) is 6.02. The van der Waals surface area contributed by atoms with Crippen LogP contribution in [0, 0.1) is 5.92 Å². The van der Waals surface area contributed by atoms with Crippen molar-refractivity contribution in [2.24, 2.45) is 5.92 Å². The molecule has 5 nitrogen and oxygen atoms in total. The maximum atomic E-state index is 12.4. The molecule has 6 heteroatoms. The molecule has 1 unspecified atom stereocenters. The monoisotopic (exact) mass is 324 g/mol. The lowest BCUT2D eigenvalue weighted by molar-refractivity contribution is -0.136. The van der Waals surface area contributed by atoms with Gasteiger partial charge in [-0.05, 0) is 12.0 Å². The molecule has 1 heterocycles. The summed E-state index contributed by atoms with van der Waals surface area (Å²) in [6.45, 7) is 5.65. The lowest BCUT2D eigenvalue weighted by atomic mass is 10.1. The Hall–Kier alpha value is -1.40. The highest BCUT2D eigenvalue weighted by Crippen LogP contribution is 2.15. The fourth-order valence-electron chi connectivity index (χ4n) is 2.55. The van der Waals surface area contributed by atoms with Crippen LogP contribution in [0.5, 0.6) is 0 Å². The summed E-state index contributed by atoms with van der Waals surface area (Å²) < 4.78 is 26.4. The van der Waals surface area contributed by atoms with Crippen LogP contribution in [0.4, 0.5) is 0 Å². The average Bonchev–Trinajstić information content (AvgIpc) is 2.54. The molecule has 122 valence electrons. The largest absolute Gasteiger partial charge is 0.340 e. The normalized spacial score (nSPS) is 18.2. The molecule has 1 aliphatic rings. The molecule has 0 aliphatic carbocycles. The Kier molecular flexibility index (Phi) is 5.58.